The summed E-state index contributed by atoms with van der Waals surface area (Å²) >= 11 is 1.67. The summed E-state index contributed by atoms with van der Waals surface area (Å²) in [5, 5.41) is 0. The summed E-state index contributed by atoms with van der Waals surface area (Å²) in [6.07, 6.45) is 3.33. The van der Waals surface area contributed by atoms with E-state index < -0.39 is 11.7 Å². The molecule has 0 saturated heterocycles. The van der Waals surface area contributed by atoms with Crippen LogP contribution in [0.3, 0.4) is 0 Å². The monoisotopic (exact) mass is 577 g/mol. The second-order valence-electron chi connectivity index (χ2n) is 10.2. The van der Waals surface area contributed by atoms with Crippen molar-refractivity contribution < 1.29 is 27.5 Å². The first-order chi connectivity index (χ1) is 19.0. The van der Waals surface area contributed by atoms with Crippen molar-refractivity contribution >= 4 is 23.5 Å². The third-order valence-electron chi connectivity index (χ3n) is 7.05. The van der Waals surface area contributed by atoms with Gasteiger partial charge in [0, 0.05) is 24.6 Å². The number of amides is 1. The number of halogens is 3. The summed E-state index contributed by atoms with van der Waals surface area (Å²) in [5.41, 5.74) is 1.61. The second-order valence-corrected chi connectivity index (χ2v) is 11.2. The third-order valence-corrected chi connectivity index (χ3v) is 7.66. The van der Waals surface area contributed by atoms with Gasteiger partial charge in [0.25, 0.3) is 0 Å². The highest BCUT2D eigenvalue weighted by atomic mass is 32.2. The van der Waals surface area contributed by atoms with Gasteiger partial charge in [0.05, 0.1) is 11.6 Å². The Morgan fingerprint density at radius 2 is 1.77 bits per heavy atom. The highest BCUT2D eigenvalue weighted by molar-refractivity contribution is 7.98. The van der Waals surface area contributed by atoms with Gasteiger partial charge >= 0.3 is 6.18 Å². The number of benzene rings is 2. The molecule has 2 aromatic rings. The zero-order valence-electron chi connectivity index (χ0n) is 24.2. The quantitative estimate of drug-likeness (QED) is 0.250. The van der Waals surface area contributed by atoms with E-state index in [4.69, 9.17) is 4.74 Å². The summed E-state index contributed by atoms with van der Waals surface area (Å²) in [4.78, 5) is 25.5. The van der Waals surface area contributed by atoms with Gasteiger partial charge in [0.1, 0.15) is 11.5 Å². The van der Waals surface area contributed by atoms with Crippen molar-refractivity contribution in [3.05, 3.63) is 71.8 Å². The fourth-order valence-corrected chi connectivity index (χ4v) is 5.23. The Hall–Kier alpha value is -2.74. The lowest BCUT2D eigenvalue weighted by molar-refractivity contribution is -0.137. The smallest absolute Gasteiger partial charge is 0.416 e. The van der Waals surface area contributed by atoms with Crippen molar-refractivity contribution in [3.8, 4) is 11.5 Å². The lowest BCUT2D eigenvalue weighted by Crippen LogP contribution is -2.43. The molecule has 0 saturated carbocycles. The van der Waals surface area contributed by atoms with Gasteiger partial charge in [-0.1, -0.05) is 53.2 Å². The first kappa shape index (κ1) is 33.5. The summed E-state index contributed by atoms with van der Waals surface area (Å²) in [6, 6.07) is 10.6. The fourth-order valence-electron chi connectivity index (χ4n) is 4.85. The molecular formula is C32H42F3NO3S. The zero-order valence-corrected chi connectivity index (χ0v) is 25.0. The predicted octanol–water partition coefficient (Wildman–Crippen LogP) is 8.90. The molecule has 8 heteroatoms. The van der Waals surface area contributed by atoms with Gasteiger partial charge in [-0.15, -0.1) is 0 Å². The molecule has 2 atom stereocenters. The molecule has 0 N–H and O–H groups in total. The molecule has 0 aromatic heterocycles. The van der Waals surface area contributed by atoms with Gasteiger partial charge in [0.2, 0.25) is 5.91 Å². The number of hydrogen-bond acceptors (Lipinski definition) is 4. The Morgan fingerprint density at radius 3 is 2.27 bits per heavy atom. The normalized spacial score (nSPS) is 15.5. The van der Waals surface area contributed by atoms with Gasteiger partial charge in [-0.3, -0.25) is 9.59 Å². The summed E-state index contributed by atoms with van der Waals surface area (Å²) in [6.45, 7) is 12.1. The number of thioether (sulfide) groups is 1. The molecule has 1 aliphatic rings. The number of hydrogen-bond donors (Lipinski definition) is 0. The highest BCUT2D eigenvalue weighted by Gasteiger charge is 2.35. The Morgan fingerprint density at radius 1 is 1.12 bits per heavy atom. The van der Waals surface area contributed by atoms with Crippen LogP contribution >= 0.6 is 11.8 Å². The van der Waals surface area contributed by atoms with Crippen LogP contribution in [-0.4, -0.2) is 35.1 Å². The number of rotatable bonds is 11. The molecule has 40 heavy (non-hydrogen) atoms. The number of carbonyl (C=O) groups is 2. The topological polar surface area (TPSA) is 46.6 Å². The van der Waals surface area contributed by atoms with Crippen LogP contribution < -0.4 is 4.74 Å². The lowest BCUT2D eigenvalue weighted by Gasteiger charge is -2.42. The fraction of sp³-hybridized carbons (Fsp3) is 0.500. The molecule has 220 valence electrons. The van der Waals surface area contributed by atoms with E-state index in [2.05, 4.69) is 20.4 Å². The van der Waals surface area contributed by atoms with E-state index >= 15 is 0 Å². The molecule has 0 aliphatic carbocycles. The maximum absolute atomic E-state index is 13.1. The molecule has 3 rings (SSSR count). The standard InChI is InChI=1S/C26H32F3NO2S.C6H10O/c1-4-6-18(5-2)25-23-17-22(32-21-11-8-20(9-12-21)26(27,28)29)10-7-19(23)13-15-30(25)24(31)14-16-33-3;1-4-6(7)5(2)3/h7-12,17-18,25H,4-6,13-16H2,1-3H3;4-5H,1H2,2-3H3/t18-,25?;/m0./s1. The van der Waals surface area contributed by atoms with Gasteiger partial charge in [-0.05, 0) is 78.6 Å². The average molecular weight is 578 g/mol. The molecule has 0 radical (unpaired) electrons. The van der Waals surface area contributed by atoms with Gasteiger partial charge in [-0.25, -0.2) is 0 Å². The van der Waals surface area contributed by atoms with E-state index in [1.54, 1.807) is 11.8 Å². The number of allylic oxidation sites excluding steroid dienone is 1. The van der Waals surface area contributed by atoms with Crippen molar-refractivity contribution in [2.75, 3.05) is 18.6 Å². The Balaban J connectivity index is 0.000000708. The van der Waals surface area contributed by atoms with Crippen LogP contribution in [0.1, 0.15) is 76.1 Å². The molecule has 0 fully saturated rings. The molecule has 1 aliphatic heterocycles. The third kappa shape index (κ3) is 9.43. The minimum absolute atomic E-state index is 0.00999. The van der Waals surface area contributed by atoms with Crippen LogP contribution in [0.2, 0.25) is 0 Å². The van der Waals surface area contributed by atoms with Crippen molar-refractivity contribution in [1.82, 2.24) is 4.90 Å². The number of fused-ring (bicyclic) bond motifs is 1. The highest BCUT2D eigenvalue weighted by Crippen LogP contribution is 2.41. The molecule has 1 amide bonds. The number of ether oxygens (including phenoxy) is 1. The number of ketones is 1. The van der Waals surface area contributed by atoms with E-state index in [1.807, 2.05) is 43.2 Å². The number of carbonyl (C=O) groups excluding carboxylic acids is 2. The van der Waals surface area contributed by atoms with Crippen LogP contribution in [-0.2, 0) is 22.2 Å². The second kappa shape index (κ2) is 15.9. The first-order valence-corrected chi connectivity index (χ1v) is 15.3. The summed E-state index contributed by atoms with van der Waals surface area (Å²) in [7, 11) is 0. The molecule has 0 spiro atoms. The van der Waals surface area contributed by atoms with E-state index in [0.717, 1.165) is 49.1 Å². The van der Waals surface area contributed by atoms with E-state index in [9.17, 15) is 22.8 Å². The Labute approximate surface area is 241 Å². The number of nitrogens with zero attached hydrogens (tertiary/aromatic N) is 1. The van der Waals surface area contributed by atoms with Gasteiger partial charge in [-0.2, -0.15) is 24.9 Å². The first-order valence-electron chi connectivity index (χ1n) is 13.9. The lowest BCUT2D eigenvalue weighted by atomic mass is 9.81. The maximum atomic E-state index is 13.1. The van der Waals surface area contributed by atoms with Crippen LogP contribution in [0.4, 0.5) is 13.2 Å². The average Bonchev–Trinajstić information content (AvgIpc) is 2.93. The van der Waals surface area contributed by atoms with Crippen LogP contribution in [0.5, 0.6) is 11.5 Å². The van der Waals surface area contributed by atoms with Crippen molar-refractivity contribution in [1.29, 1.82) is 0 Å². The van der Waals surface area contributed by atoms with Crippen molar-refractivity contribution in [2.24, 2.45) is 11.8 Å². The Kier molecular flexibility index (Phi) is 13.3. The van der Waals surface area contributed by atoms with Crippen molar-refractivity contribution in [3.63, 3.8) is 0 Å². The maximum Gasteiger partial charge on any atom is 0.416 e. The van der Waals surface area contributed by atoms with Crippen LogP contribution in [0, 0.1) is 11.8 Å². The minimum Gasteiger partial charge on any atom is -0.457 e. The molecular weight excluding hydrogens is 535 g/mol. The zero-order chi connectivity index (χ0) is 29.9. The summed E-state index contributed by atoms with van der Waals surface area (Å²) < 4.78 is 44.5. The summed E-state index contributed by atoms with van der Waals surface area (Å²) in [5.74, 6) is 2.47. The number of alkyl halides is 3. The SMILES string of the molecule is C=CC(=O)C(C)C.CCC[C@H](CC)C1c2cc(Oc3ccc(C(F)(F)F)cc3)ccc2CCN1C(=O)CCSC. The molecule has 1 unspecified atom stereocenters. The van der Waals surface area contributed by atoms with E-state index in [0.29, 0.717) is 30.4 Å². The molecule has 4 nitrogen and oxygen atoms in total. The minimum atomic E-state index is -4.38. The molecule has 0 bridgehead atoms. The van der Waals surface area contributed by atoms with Crippen molar-refractivity contribution in [2.45, 2.75) is 72.0 Å². The predicted molar refractivity (Wildman–Crippen MR) is 158 cm³/mol. The van der Waals surface area contributed by atoms with E-state index in [-0.39, 0.29) is 23.7 Å². The largest absolute Gasteiger partial charge is 0.457 e. The van der Waals surface area contributed by atoms with Gasteiger partial charge in [0.15, 0.2) is 5.78 Å². The van der Waals surface area contributed by atoms with E-state index in [1.165, 1.54) is 23.8 Å². The van der Waals surface area contributed by atoms with Crippen LogP contribution in [0.25, 0.3) is 0 Å². The van der Waals surface area contributed by atoms with Gasteiger partial charge < -0.3 is 9.64 Å². The van der Waals surface area contributed by atoms with Crippen LogP contribution in [0.15, 0.2) is 55.1 Å². The molecule has 1 heterocycles. The molecule has 2 aromatic carbocycles. The Bertz CT molecular complexity index is 1120.